The predicted octanol–water partition coefficient (Wildman–Crippen LogP) is 4.51. The molecular formula is C26H31N3O5. The fourth-order valence-corrected chi connectivity index (χ4v) is 5.35. The second-order valence-corrected chi connectivity index (χ2v) is 9.40. The van der Waals surface area contributed by atoms with Crippen LogP contribution < -0.4 is 19.7 Å². The summed E-state index contributed by atoms with van der Waals surface area (Å²) in [5, 5.41) is 3.28. The molecule has 0 spiro atoms. The number of carbonyl (C=O) groups excluding carboxylic acids is 2. The Morgan fingerprint density at radius 1 is 1.06 bits per heavy atom. The number of aromatic nitrogens is 1. The highest BCUT2D eigenvalue weighted by molar-refractivity contribution is 6.13. The SMILES string of the molecule is COc1ccc(N2C(=O)c3cc4occc4n3CC2(C)C(=O)NC2CCCCCC2)cc1OC. The van der Waals surface area contributed by atoms with E-state index in [1.165, 1.54) is 12.8 Å². The molecule has 8 heteroatoms. The molecule has 0 bridgehead atoms. The molecule has 3 aromatic rings. The standard InChI is InChI=1S/C26H31N3O5/c1-26(25(31)27-17-8-6-4-5-7-9-17)16-28-19-12-13-34-22(19)15-20(28)24(30)29(26)18-10-11-21(32-2)23(14-18)33-3/h10-15,17H,4-9,16H2,1-3H3,(H,27,31). The molecule has 1 aliphatic carbocycles. The summed E-state index contributed by atoms with van der Waals surface area (Å²) in [6, 6.07) is 8.99. The van der Waals surface area contributed by atoms with Gasteiger partial charge in [-0.05, 0) is 31.9 Å². The number of fused-ring (bicyclic) bond motifs is 3. The van der Waals surface area contributed by atoms with Crippen molar-refractivity contribution >= 4 is 28.6 Å². The number of hydrogen-bond donors (Lipinski definition) is 1. The summed E-state index contributed by atoms with van der Waals surface area (Å²) in [6.07, 6.45) is 8.15. The molecule has 180 valence electrons. The summed E-state index contributed by atoms with van der Waals surface area (Å²) in [6.45, 7) is 2.15. The monoisotopic (exact) mass is 465 g/mol. The van der Waals surface area contributed by atoms with Crippen molar-refractivity contribution in [3.63, 3.8) is 0 Å². The molecule has 1 N–H and O–H groups in total. The molecule has 1 aromatic carbocycles. The molecule has 1 unspecified atom stereocenters. The molecule has 3 heterocycles. The van der Waals surface area contributed by atoms with Crippen molar-refractivity contribution in [1.29, 1.82) is 0 Å². The van der Waals surface area contributed by atoms with E-state index in [1.54, 1.807) is 49.6 Å². The lowest BCUT2D eigenvalue weighted by Crippen LogP contribution is -2.65. The van der Waals surface area contributed by atoms with Crippen LogP contribution in [-0.2, 0) is 11.3 Å². The predicted molar refractivity (Wildman–Crippen MR) is 129 cm³/mol. The van der Waals surface area contributed by atoms with Gasteiger partial charge in [-0.2, -0.15) is 0 Å². The molecule has 5 rings (SSSR count). The number of rotatable bonds is 5. The van der Waals surface area contributed by atoms with Crippen molar-refractivity contribution in [1.82, 2.24) is 9.88 Å². The van der Waals surface area contributed by atoms with Gasteiger partial charge in [0.1, 0.15) is 11.2 Å². The number of amides is 2. The zero-order valence-corrected chi connectivity index (χ0v) is 19.9. The van der Waals surface area contributed by atoms with Crippen molar-refractivity contribution in [2.45, 2.75) is 63.6 Å². The van der Waals surface area contributed by atoms with Gasteiger partial charge in [-0.3, -0.25) is 14.5 Å². The summed E-state index contributed by atoms with van der Waals surface area (Å²) in [4.78, 5) is 29.4. The third-order valence-electron chi connectivity index (χ3n) is 7.21. The van der Waals surface area contributed by atoms with Gasteiger partial charge in [-0.25, -0.2) is 0 Å². The van der Waals surface area contributed by atoms with E-state index in [2.05, 4.69) is 5.32 Å². The largest absolute Gasteiger partial charge is 0.493 e. The molecule has 1 aliphatic heterocycles. The van der Waals surface area contributed by atoms with E-state index in [0.29, 0.717) is 35.0 Å². The van der Waals surface area contributed by atoms with Crippen LogP contribution in [0.1, 0.15) is 55.9 Å². The highest BCUT2D eigenvalue weighted by atomic mass is 16.5. The van der Waals surface area contributed by atoms with Crippen LogP contribution in [-0.4, -0.2) is 42.2 Å². The van der Waals surface area contributed by atoms with E-state index in [-0.39, 0.29) is 17.9 Å². The second kappa shape index (κ2) is 8.74. The number of nitrogens with one attached hydrogen (secondary N) is 1. The van der Waals surface area contributed by atoms with Crippen LogP contribution in [0, 0.1) is 0 Å². The first-order valence-corrected chi connectivity index (χ1v) is 11.9. The molecule has 0 saturated heterocycles. The average Bonchev–Trinajstić information content (AvgIpc) is 3.33. The third kappa shape index (κ3) is 3.61. The Bertz CT molecular complexity index is 1220. The maximum atomic E-state index is 13.9. The lowest BCUT2D eigenvalue weighted by molar-refractivity contribution is -0.127. The van der Waals surface area contributed by atoms with Crippen molar-refractivity contribution in [3.05, 3.63) is 42.3 Å². The third-order valence-corrected chi connectivity index (χ3v) is 7.21. The fraction of sp³-hybridized carbons (Fsp3) is 0.462. The van der Waals surface area contributed by atoms with Crippen molar-refractivity contribution in [3.8, 4) is 11.5 Å². The number of methoxy groups -OCH3 is 2. The first-order chi connectivity index (χ1) is 16.5. The molecule has 2 aromatic heterocycles. The summed E-state index contributed by atoms with van der Waals surface area (Å²) in [7, 11) is 3.12. The fourth-order valence-electron chi connectivity index (χ4n) is 5.35. The minimum absolute atomic E-state index is 0.120. The van der Waals surface area contributed by atoms with Gasteiger partial charge >= 0.3 is 0 Å². The van der Waals surface area contributed by atoms with Gasteiger partial charge < -0.3 is 23.8 Å². The number of nitrogens with zero attached hydrogens (tertiary/aromatic N) is 2. The van der Waals surface area contributed by atoms with Crippen LogP contribution in [0.15, 0.2) is 41.0 Å². The van der Waals surface area contributed by atoms with E-state index in [9.17, 15) is 9.59 Å². The highest BCUT2D eigenvalue weighted by Gasteiger charge is 2.49. The Balaban J connectivity index is 1.59. The van der Waals surface area contributed by atoms with E-state index >= 15 is 0 Å². The van der Waals surface area contributed by atoms with Crippen molar-refractivity contribution in [2.75, 3.05) is 19.1 Å². The zero-order chi connectivity index (χ0) is 23.9. The number of anilines is 1. The smallest absolute Gasteiger partial charge is 0.276 e. The van der Waals surface area contributed by atoms with Crippen LogP contribution in [0.4, 0.5) is 5.69 Å². The molecule has 8 nitrogen and oxygen atoms in total. The minimum Gasteiger partial charge on any atom is -0.493 e. The number of benzene rings is 1. The van der Waals surface area contributed by atoms with Crippen molar-refractivity contribution < 1.29 is 23.5 Å². The van der Waals surface area contributed by atoms with Crippen LogP contribution in [0.25, 0.3) is 11.1 Å². The summed E-state index contributed by atoms with van der Waals surface area (Å²) >= 11 is 0. The molecule has 0 radical (unpaired) electrons. The lowest BCUT2D eigenvalue weighted by Gasteiger charge is -2.44. The maximum Gasteiger partial charge on any atom is 0.276 e. The van der Waals surface area contributed by atoms with E-state index in [4.69, 9.17) is 13.9 Å². The molecular weight excluding hydrogens is 434 g/mol. The van der Waals surface area contributed by atoms with Crippen LogP contribution in [0.5, 0.6) is 11.5 Å². The van der Waals surface area contributed by atoms with Crippen LogP contribution in [0.2, 0.25) is 0 Å². The van der Waals surface area contributed by atoms with Gasteiger partial charge in [0, 0.05) is 29.9 Å². The number of furan rings is 1. The van der Waals surface area contributed by atoms with Gasteiger partial charge in [0.2, 0.25) is 5.91 Å². The lowest BCUT2D eigenvalue weighted by atomic mass is 9.92. The first-order valence-electron chi connectivity index (χ1n) is 11.9. The van der Waals surface area contributed by atoms with Gasteiger partial charge in [0.15, 0.2) is 17.1 Å². The first kappa shape index (κ1) is 22.4. The average molecular weight is 466 g/mol. The molecule has 34 heavy (non-hydrogen) atoms. The molecule has 1 fully saturated rings. The van der Waals surface area contributed by atoms with Crippen LogP contribution >= 0.6 is 0 Å². The van der Waals surface area contributed by atoms with Crippen LogP contribution in [0.3, 0.4) is 0 Å². The molecule has 1 saturated carbocycles. The summed E-state index contributed by atoms with van der Waals surface area (Å²) in [5.41, 5.74) is 1.35. The topological polar surface area (TPSA) is 85.9 Å². The number of carbonyl (C=O) groups is 2. The normalized spacial score (nSPS) is 21.3. The van der Waals surface area contributed by atoms with Gasteiger partial charge in [0.25, 0.3) is 5.91 Å². The highest BCUT2D eigenvalue weighted by Crippen LogP contribution is 2.39. The van der Waals surface area contributed by atoms with Gasteiger partial charge in [-0.15, -0.1) is 0 Å². The van der Waals surface area contributed by atoms with E-state index < -0.39 is 5.54 Å². The van der Waals surface area contributed by atoms with Gasteiger partial charge in [-0.1, -0.05) is 25.7 Å². The Kier molecular flexibility index (Phi) is 5.75. The zero-order valence-electron chi connectivity index (χ0n) is 19.9. The Hall–Kier alpha value is -3.42. The van der Waals surface area contributed by atoms with E-state index in [1.807, 2.05) is 17.6 Å². The summed E-state index contributed by atoms with van der Waals surface area (Å²) in [5.74, 6) is 0.636. The number of ether oxygens (including phenoxy) is 2. The Labute approximate surface area is 198 Å². The maximum absolute atomic E-state index is 13.9. The quantitative estimate of drug-likeness (QED) is 0.561. The summed E-state index contributed by atoms with van der Waals surface area (Å²) < 4.78 is 18.3. The Morgan fingerprint density at radius 2 is 1.79 bits per heavy atom. The van der Waals surface area contributed by atoms with E-state index in [0.717, 1.165) is 31.2 Å². The molecule has 2 amide bonds. The molecule has 1 atom stereocenters. The van der Waals surface area contributed by atoms with Gasteiger partial charge in [0.05, 0.1) is 32.5 Å². The Morgan fingerprint density at radius 3 is 2.50 bits per heavy atom. The second-order valence-electron chi connectivity index (χ2n) is 9.40. The minimum atomic E-state index is -1.15. The van der Waals surface area contributed by atoms with Crippen molar-refractivity contribution in [2.24, 2.45) is 0 Å². The molecule has 2 aliphatic rings. The number of hydrogen-bond acceptors (Lipinski definition) is 5.